The number of hydrogen-bond donors (Lipinski definition) is 1. The summed E-state index contributed by atoms with van der Waals surface area (Å²) in [4.78, 5) is 0. The highest BCUT2D eigenvalue weighted by atomic mass is 16.5. The van der Waals surface area contributed by atoms with E-state index in [2.05, 4.69) is 55.6 Å². The second-order valence-electron chi connectivity index (χ2n) is 6.14. The van der Waals surface area contributed by atoms with Crippen molar-refractivity contribution < 1.29 is 4.74 Å². The minimum Gasteiger partial charge on any atom is -0.497 e. The van der Waals surface area contributed by atoms with Crippen LogP contribution in [0.15, 0.2) is 36.4 Å². The summed E-state index contributed by atoms with van der Waals surface area (Å²) in [6.45, 7) is 4.46. The van der Waals surface area contributed by atoms with Gasteiger partial charge in [-0.3, -0.25) is 5.32 Å². The van der Waals surface area contributed by atoms with Crippen LogP contribution in [0.25, 0.3) is 0 Å². The number of ether oxygens (including phenoxy) is 1. The molecule has 0 saturated heterocycles. The summed E-state index contributed by atoms with van der Waals surface area (Å²) in [5, 5.41) is 3.81. The largest absolute Gasteiger partial charge is 0.497 e. The van der Waals surface area contributed by atoms with Crippen LogP contribution in [-0.4, -0.2) is 7.11 Å². The molecule has 0 aliphatic carbocycles. The second kappa shape index (κ2) is 3.86. The van der Waals surface area contributed by atoms with Gasteiger partial charge in [-0.1, -0.05) is 29.8 Å². The van der Waals surface area contributed by atoms with Crippen LogP contribution in [0.2, 0.25) is 0 Å². The van der Waals surface area contributed by atoms with Crippen molar-refractivity contribution in [1.82, 2.24) is 5.32 Å². The molecule has 0 aromatic heterocycles. The summed E-state index contributed by atoms with van der Waals surface area (Å²) < 4.78 is 5.38. The molecule has 4 rings (SSSR count). The van der Waals surface area contributed by atoms with Gasteiger partial charge in [0.15, 0.2) is 0 Å². The second-order valence-corrected chi connectivity index (χ2v) is 6.14. The lowest BCUT2D eigenvalue weighted by atomic mass is 9.82. The van der Waals surface area contributed by atoms with Crippen molar-refractivity contribution >= 4 is 0 Å². The van der Waals surface area contributed by atoms with Gasteiger partial charge in [0, 0.05) is 6.04 Å². The van der Waals surface area contributed by atoms with E-state index >= 15 is 0 Å². The Morgan fingerprint density at radius 3 is 2.75 bits per heavy atom. The van der Waals surface area contributed by atoms with Crippen LogP contribution >= 0.6 is 0 Å². The Balaban J connectivity index is 1.95. The lowest BCUT2D eigenvalue weighted by Crippen LogP contribution is -2.41. The maximum Gasteiger partial charge on any atom is 0.119 e. The standard InChI is InChI=1S/C18H19NO/c1-11-4-6-16-14(8-11)17-10-12-9-13(20-3)5-7-15(12)18(16,2)19-17/h4-9,17,19H,10H2,1-3H3/t17-,18+/m1/s1. The van der Waals surface area contributed by atoms with Gasteiger partial charge in [0.25, 0.3) is 0 Å². The smallest absolute Gasteiger partial charge is 0.119 e. The molecule has 0 fully saturated rings. The monoisotopic (exact) mass is 265 g/mol. The molecule has 2 heterocycles. The van der Waals surface area contributed by atoms with E-state index in [9.17, 15) is 0 Å². The van der Waals surface area contributed by atoms with Crippen molar-refractivity contribution in [2.45, 2.75) is 31.8 Å². The van der Waals surface area contributed by atoms with Crippen molar-refractivity contribution in [2.24, 2.45) is 0 Å². The molecule has 2 atom stereocenters. The Bertz CT molecular complexity index is 707. The number of nitrogens with one attached hydrogen (secondary N) is 1. The first-order valence-corrected chi connectivity index (χ1v) is 7.18. The molecule has 2 aromatic carbocycles. The van der Waals surface area contributed by atoms with Crippen molar-refractivity contribution in [1.29, 1.82) is 0 Å². The van der Waals surface area contributed by atoms with Gasteiger partial charge >= 0.3 is 0 Å². The molecular weight excluding hydrogens is 246 g/mol. The summed E-state index contributed by atoms with van der Waals surface area (Å²) in [7, 11) is 1.73. The zero-order chi connectivity index (χ0) is 13.9. The summed E-state index contributed by atoms with van der Waals surface area (Å²) >= 11 is 0. The average Bonchev–Trinajstić information content (AvgIpc) is 2.67. The highest BCUT2D eigenvalue weighted by Gasteiger charge is 2.45. The van der Waals surface area contributed by atoms with E-state index in [0.717, 1.165) is 12.2 Å². The molecule has 1 N–H and O–H groups in total. The van der Waals surface area contributed by atoms with Crippen molar-refractivity contribution in [3.8, 4) is 5.75 Å². The average molecular weight is 265 g/mol. The molecule has 102 valence electrons. The quantitative estimate of drug-likeness (QED) is 0.852. The number of fused-ring (bicyclic) bond motifs is 7. The Hall–Kier alpha value is -1.80. The Morgan fingerprint density at radius 2 is 1.95 bits per heavy atom. The molecule has 20 heavy (non-hydrogen) atoms. The molecule has 2 aromatic rings. The maximum atomic E-state index is 5.38. The number of hydrogen-bond acceptors (Lipinski definition) is 2. The van der Waals surface area contributed by atoms with E-state index in [-0.39, 0.29) is 5.54 Å². The van der Waals surface area contributed by atoms with E-state index in [1.807, 2.05) is 0 Å². The molecule has 0 unspecified atom stereocenters. The van der Waals surface area contributed by atoms with Gasteiger partial charge in [-0.25, -0.2) is 0 Å². The van der Waals surface area contributed by atoms with Gasteiger partial charge < -0.3 is 4.74 Å². The van der Waals surface area contributed by atoms with Gasteiger partial charge in [-0.05, 0) is 54.7 Å². The van der Waals surface area contributed by atoms with Crippen LogP contribution < -0.4 is 10.1 Å². The minimum atomic E-state index is -0.0619. The van der Waals surface area contributed by atoms with Gasteiger partial charge in [0.2, 0.25) is 0 Å². The third-order valence-electron chi connectivity index (χ3n) is 4.86. The van der Waals surface area contributed by atoms with Crippen molar-refractivity contribution in [3.63, 3.8) is 0 Å². The summed E-state index contributed by atoms with van der Waals surface area (Å²) in [5.74, 6) is 0.953. The van der Waals surface area contributed by atoms with E-state index in [0.29, 0.717) is 6.04 Å². The predicted octanol–water partition coefficient (Wildman–Crippen LogP) is 3.47. The van der Waals surface area contributed by atoms with Crippen LogP contribution in [0, 0.1) is 6.92 Å². The minimum absolute atomic E-state index is 0.0619. The third-order valence-corrected chi connectivity index (χ3v) is 4.86. The van der Waals surface area contributed by atoms with Gasteiger partial charge in [0.1, 0.15) is 5.75 Å². The maximum absolute atomic E-state index is 5.38. The zero-order valence-corrected chi connectivity index (χ0v) is 12.2. The van der Waals surface area contributed by atoms with E-state index < -0.39 is 0 Å². The van der Waals surface area contributed by atoms with Gasteiger partial charge in [-0.2, -0.15) is 0 Å². The highest BCUT2D eigenvalue weighted by Crippen LogP contribution is 2.49. The third kappa shape index (κ3) is 1.43. The number of benzene rings is 2. The van der Waals surface area contributed by atoms with E-state index in [1.165, 1.54) is 27.8 Å². The molecule has 2 heteroatoms. The van der Waals surface area contributed by atoms with Crippen molar-refractivity contribution in [3.05, 3.63) is 64.2 Å². The molecule has 0 amide bonds. The van der Waals surface area contributed by atoms with Gasteiger partial charge in [-0.15, -0.1) is 0 Å². The molecule has 2 aliphatic rings. The van der Waals surface area contributed by atoms with E-state index in [4.69, 9.17) is 4.74 Å². The van der Waals surface area contributed by atoms with Crippen LogP contribution in [0.4, 0.5) is 0 Å². The van der Waals surface area contributed by atoms with Crippen LogP contribution in [0.5, 0.6) is 5.75 Å². The predicted molar refractivity (Wildman–Crippen MR) is 80.2 cm³/mol. The van der Waals surface area contributed by atoms with Crippen LogP contribution in [0.3, 0.4) is 0 Å². The molecule has 0 saturated carbocycles. The fourth-order valence-corrected chi connectivity index (χ4v) is 3.89. The van der Waals surface area contributed by atoms with Crippen LogP contribution in [0.1, 0.15) is 40.8 Å². The summed E-state index contributed by atoms with van der Waals surface area (Å²) in [6, 6.07) is 13.7. The fourth-order valence-electron chi connectivity index (χ4n) is 3.89. The molecule has 2 bridgehead atoms. The normalized spacial score (nSPS) is 26.1. The Morgan fingerprint density at radius 1 is 1.15 bits per heavy atom. The zero-order valence-electron chi connectivity index (χ0n) is 12.2. The lowest BCUT2D eigenvalue weighted by molar-refractivity contribution is 0.382. The fraction of sp³-hybridized carbons (Fsp3) is 0.333. The van der Waals surface area contributed by atoms with Gasteiger partial charge in [0.05, 0.1) is 12.6 Å². The lowest BCUT2D eigenvalue weighted by Gasteiger charge is -2.34. The molecule has 0 spiro atoms. The summed E-state index contributed by atoms with van der Waals surface area (Å²) in [5.41, 5.74) is 6.96. The first kappa shape index (κ1) is 12.0. The number of methoxy groups -OCH3 is 1. The molecule has 2 aliphatic heterocycles. The Kier molecular flexibility index (Phi) is 2.31. The first-order chi connectivity index (χ1) is 9.61. The number of aryl methyl sites for hydroxylation is 1. The first-order valence-electron chi connectivity index (χ1n) is 7.18. The summed E-state index contributed by atoms with van der Waals surface area (Å²) in [6.07, 6.45) is 1.04. The molecular formula is C18H19NO. The Labute approximate surface area is 119 Å². The van der Waals surface area contributed by atoms with E-state index in [1.54, 1.807) is 7.11 Å². The molecule has 2 nitrogen and oxygen atoms in total. The number of rotatable bonds is 1. The molecule has 0 radical (unpaired) electrons. The van der Waals surface area contributed by atoms with Crippen LogP contribution in [-0.2, 0) is 12.0 Å². The topological polar surface area (TPSA) is 21.3 Å². The van der Waals surface area contributed by atoms with Crippen molar-refractivity contribution in [2.75, 3.05) is 7.11 Å². The highest BCUT2D eigenvalue weighted by molar-refractivity contribution is 5.56. The SMILES string of the molecule is COc1ccc2c(c1)C[C@H]1N[C@]2(C)c2ccc(C)cc21.